The van der Waals surface area contributed by atoms with E-state index < -0.39 is 0 Å². The van der Waals surface area contributed by atoms with Gasteiger partial charge in [-0.05, 0) is 78.7 Å². The van der Waals surface area contributed by atoms with Crippen molar-refractivity contribution in [3.8, 4) is 0 Å². The monoisotopic (exact) mass is 308 g/mol. The third kappa shape index (κ3) is 2.35. The van der Waals surface area contributed by atoms with Gasteiger partial charge < -0.3 is 0 Å². The van der Waals surface area contributed by atoms with E-state index in [4.69, 9.17) is 0 Å². The van der Waals surface area contributed by atoms with Gasteiger partial charge in [0.15, 0.2) is 0 Å². The van der Waals surface area contributed by atoms with Gasteiger partial charge >= 0.3 is 0 Å². The molecule has 0 aromatic carbocycles. The molecule has 0 amide bonds. The molecule has 0 N–H and O–H groups in total. The van der Waals surface area contributed by atoms with Gasteiger partial charge in [0, 0.05) is 11.7 Å². The molecule has 3 rings (SSSR count). The summed E-state index contributed by atoms with van der Waals surface area (Å²) in [5.74, 6) is 0.833. The third-order valence-corrected chi connectivity index (χ3v) is 4.90. The Morgan fingerprint density at radius 2 is 2.28 bits per heavy atom. The number of halogens is 1. The van der Waals surface area contributed by atoms with Crippen molar-refractivity contribution in [1.29, 1.82) is 0 Å². The first kappa shape index (κ1) is 12.6. The van der Waals surface area contributed by atoms with Crippen LogP contribution in [0.15, 0.2) is 16.7 Å². The van der Waals surface area contributed by atoms with Crippen LogP contribution in [0.2, 0.25) is 0 Å². The van der Waals surface area contributed by atoms with E-state index >= 15 is 0 Å². The summed E-state index contributed by atoms with van der Waals surface area (Å²) in [5, 5.41) is 0. The van der Waals surface area contributed by atoms with Gasteiger partial charge in [-0.2, -0.15) is 0 Å². The van der Waals surface area contributed by atoms with Crippen molar-refractivity contribution in [3.63, 3.8) is 0 Å². The van der Waals surface area contributed by atoms with Gasteiger partial charge in [-0.1, -0.05) is 13.0 Å². The second-order valence-electron chi connectivity index (χ2n) is 5.65. The third-order valence-electron chi connectivity index (χ3n) is 4.46. The van der Waals surface area contributed by atoms with Gasteiger partial charge in [-0.3, -0.25) is 4.90 Å². The van der Waals surface area contributed by atoms with Crippen molar-refractivity contribution in [2.24, 2.45) is 5.92 Å². The van der Waals surface area contributed by atoms with E-state index in [9.17, 15) is 0 Å². The zero-order valence-corrected chi connectivity index (χ0v) is 12.6. The van der Waals surface area contributed by atoms with Crippen LogP contribution in [-0.4, -0.2) is 29.0 Å². The fourth-order valence-corrected chi connectivity index (χ4v) is 4.00. The molecule has 1 aromatic rings. The molecular formula is C15H21BrN2. The number of pyridine rings is 1. The fraction of sp³-hybridized carbons (Fsp3) is 0.667. The van der Waals surface area contributed by atoms with E-state index in [1.54, 1.807) is 0 Å². The van der Waals surface area contributed by atoms with Gasteiger partial charge in [0.2, 0.25) is 0 Å². The summed E-state index contributed by atoms with van der Waals surface area (Å²) in [5.41, 5.74) is 2.81. The maximum Gasteiger partial charge on any atom is 0.106 e. The Morgan fingerprint density at radius 1 is 1.39 bits per heavy atom. The standard InChI is InChI=1S/C15H21BrN2/c1-2-7-18-8-3-4-12-9-13-11(10-14(12)18)5-6-15(16)17-13/h5-6,12,14H,2-4,7-10H2,1H3/t12-,14-/m0/s1. The van der Waals surface area contributed by atoms with E-state index in [0.717, 1.165) is 16.6 Å². The first-order valence-corrected chi connectivity index (χ1v) is 7.95. The average molecular weight is 309 g/mol. The summed E-state index contributed by atoms with van der Waals surface area (Å²) < 4.78 is 0.987. The molecule has 0 saturated carbocycles. The molecule has 1 aliphatic heterocycles. The summed E-state index contributed by atoms with van der Waals surface area (Å²) >= 11 is 3.49. The molecule has 18 heavy (non-hydrogen) atoms. The van der Waals surface area contributed by atoms with Crippen LogP contribution < -0.4 is 0 Å². The van der Waals surface area contributed by atoms with Crippen molar-refractivity contribution in [3.05, 3.63) is 28.0 Å². The Balaban J connectivity index is 1.85. The minimum absolute atomic E-state index is 0.772. The SMILES string of the molecule is CCCN1CCC[C@H]2Cc3nc(Br)ccc3C[C@@H]21. The quantitative estimate of drug-likeness (QED) is 0.778. The highest BCUT2D eigenvalue weighted by atomic mass is 79.9. The number of hydrogen-bond donors (Lipinski definition) is 0. The minimum atomic E-state index is 0.772. The molecule has 1 saturated heterocycles. The van der Waals surface area contributed by atoms with Crippen LogP contribution in [-0.2, 0) is 12.8 Å². The molecule has 2 atom stereocenters. The van der Waals surface area contributed by atoms with Gasteiger partial charge in [0.25, 0.3) is 0 Å². The summed E-state index contributed by atoms with van der Waals surface area (Å²) in [7, 11) is 0. The average Bonchev–Trinajstić information content (AvgIpc) is 2.37. The summed E-state index contributed by atoms with van der Waals surface area (Å²) in [6.45, 7) is 4.85. The molecule has 3 heteroatoms. The lowest BCUT2D eigenvalue weighted by Gasteiger charge is -2.44. The Bertz CT molecular complexity index is 431. The summed E-state index contributed by atoms with van der Waals surface area (Å²) in [4.78, 5) is 7.40. The normalized spacial score (nSPS) is 27.7. The van der Waals surface area contributed by atoms with Crippen LogP contribution in [0, 0.1) is 5.92 Å². The van der Waals surface area contributed by atoms with Crippen LogP contribution in [0.3, 0.4) is 0 Å². The van der Waals surface area contributed by atoms with E-state index in [-0.39, 0.29) is 0 Å². The first-order chi connectivity index (χ1) is 8.78. The van der Waals surface area contributed by atoms with Gasteiger partial charge in [0.05, 0.1) is 0 Å². The Hall–Kier alpha value is -0.410. The highest BCUT2D eigenvalue weighted by Gasteiger charge is 2.35. The van der Waals surface area contributed by atoms with Crippen molar-refractivity contribution in [2.45, 2.75) is 45.1 Å². The lowest BCUT2D eigenvalue weighted by atomic mass is 9.77. The largest absolute Gasteiger partial charge is 0.300 e. The predicted molar refractivity (Wildman–Crippen MR) is 77.7 cm³/mol. The molecule has 1 aliphatic carbocycles. The van der Waals surface area contributed by atoms with E-state index in [0.29, 0.717) is 0 Å². The highest BCUT2D eigenvalue weighted by Crippen LogP contribution is 2.34. The highest BCUT2D eigenvalue weighted by molar-refractivity contribution is 9.10. The van der Waals surface area contributed by atoms with Crippen LogP contribution >= 0.6 is 15.9 Å². The van der Waals surface area contributed by atoms with Crippen LogP contribution in [0.25, 0.3) is 0 Å². The maximum absolute atomic E-state index is 4.67. The Kier molecular flexibility index (Phi) is 3.71. The summed E-state index contributed by atoms with van der Waals surface area (Å²) in [6.07, 6.45) is 6.41. The fourth-order valence-electron chi connectivity index (χ4n) is 3.65. The maximum atomic E-state index is 4.67. The zero-order valence-electron chi connectivity index (χ0n) is 11.0. The number of fused-ring (bicyclic) bond motifs is 2. The van der Waals surface area contributed by atoms with Crippen molar-refractivity contribution >= 4 is 15.9 Å². The number of piperidine rings is 1. The van der Waals surface area contributed by atoms with Crippen molar-refractivity contribution in [2.75, 3.05) is 13.1 Å². The molecule has 0 radical (unpaired) electrons. The van der Waals surface area contributed by atoms with Gasteiger partial charge in [-0.25, -0.2) is 4.98 Å². The van der Waals surface area contributed by atoms with E-state index in [1.165, 1.54) is 56.5 Å². The van der Waals surface area contributed by atoms with Gasteiger partial charge in [-0.15, -0.1) is 0 Å². The molecule has 2 aliphatic rings. The molecular weight excluding hydrogens is 288 g/mol. The predicted octanol–water partition coefficient (Wildman–Crippen LogP) is 3.43. The Morgan fingerprint density at radius 3 is 3.11 bits per heavy atom. The smallest absolute Gasteiger partial charge is 0.106 e. The summed E-state index contributed by atoms with van der Waals surface area (Å²) in [6, 6.07) is 5.13. The molecule has 2 nitrogen and oxygen atoms in total. The topological polar surface area (TPSA) is 16.1 Å². The lowest BCUT2D eigenvalue weighted by Crippen LogP contribution is -2.49. The Labute approximate surface area is 118 Å². The number of hydrogen-bond acceptors (Lipinski definition) is 2. The first-order valence-electron chi connectivity index (χ1n) is 7.16. The molecule has 0 spiro atoms. The molecule has 0 unspecified atom stereocenters. The minimum Gasteiger partial charge on any atom is -0.300 e. The number of nitrogens with zero attached hydrogens (tertiary/aromatic N) is 2. The van der Waals surface area contributed by atoms with E-state index in [1.807, 2.05) is 0 Å². The number of likely N-dealkylation sites (tertiary alicyclic amines) is 1. The van der Waals surface area contributed by atoms with E-state index in [2.05, 4.69) is 44.9 Å². The van der Waals surface area contributed by atoms with Crippen LogP contribution in [0.5, 0.6) is 0 Å². The zero-order chi connectivity index (χ0) is 12.5. The number of rotatable bonds is 2. The van der Waals surface area contributed by atoms with Crippen molar-refractivity contribution < 1.29 is 0 Å². The van der Waals surface area contributed by atoms with Crippen LogP contribution in [0.4, 0.5) is 0 Å². The molecule has 1 aromatic heterocycles. The second-order valence-corrected chi connectivity index (χ2v) is 6.47. The second kappa shape index (κ2) is 5.30. The van der Waals surface area contributed by atoms with Crippen LogP contribution in [0.1, 0.15) is 37.4 Å². The number of aromatic nitrogens is 1. The van der Waals surface area contributed by atoms with Gasteiger partial charge in [0.1, 0.15) is 4.60 Å². The molecule has 2 heterocycles. The molecule has 1 fully saturated rings. The molecule has 98 valence electrons. The lowest BCUT2D eigenvalue weighted by molar-refractivity contribution is 0.0845. The molecule has 0 bridgehead atoms. The van der Waals surface area contributed by atoms with Crippen molar-refractivity contribution in [1.82, 2.24) is 9.88 Å².